The van der Waals surface area contributed by atoms with Crippen molar-refractivity contribution in [3.8, 4) is 11.8 Å². The van der Waals surface area contributed by atoms with E-state index in [9.17, 15) is 9.59 Å². The maximum absolute atomic E-state index is 12.5. The van der Waals surface area contributed by atoms with Crippen LogP contribution in [0.4, 0.5) is 5.69 Å². The minimum atomic E-state index is -0.396. The van der Waals surface area contributed by atoms with Crippen LogP contribution in [0.25, 0.3) is 17.0 Å². The molecule has 7 heteroatoms. The van der Waals surface area contributed by atoms with E-state index in [1.165, 1.54) is 18.4 Å². The fraction of sp³-hybridized carbons (Fsp3) is 0.0833. The lowest BCUT2D eigenvalue weighted by molar-refractivity contribution is -0.111. The Kier molecular flexibility index (Phi) is 5.57. The first kappa shape index (κ1) is 20.0. The van der Waals surface area contributed by atoms with Crippen LogP contribution in [0, 0.1) is 13.8 Å². The second-order valence-corrected chi connectivity index (χ2v) is 6.90. The van der Waals surface area contributed by atoms with Gasteiger partial charge in [0, 0.05) is 29.2 Å². The lowest BCUT2D eigenvalue weighted by atomic mass is 10.1. The summed E-state index contributed by atoms with van der Waals surface area (Å²) in [5, 5.41) is 3.20. The van der Waals surface area contributed by atoms with Crippen molar-refractivity contribution in [3.05, 3.63) is 94.1 Å². The Hall–Kier alpha value is -4.26. The zero-order valence-electron chi connectivity index (χ0n) is 17.0. The molecule has 0 spiro atoms. The molecule has 2 heterocycles. The van der Waals surface area contributed by atoms with E-state index in [1.54, 1.807) is 48.5 Å². The van der Waals surface area contributed by atoms with Gasteiger partial charge in [-0.15, -0.1) is 0 Å². The quantitative estimate of drug-likeness (QED) is 0.479. The predicted molar refractivity (Wildman–Crippen MR) is 118 cm³/mol. The number of aromatic nitrogens is 2. The van der Waals surface area contributed by atoms with Crippen molar-refractivity contribution in [3.63, 3.8) is 0 Å². The van der Waals surface area contributed by atoms with Crippen LogP contribution in [-0.4, -0.2) is 15.9 Å². The number of nitrogens with zero attached hydrogens (tertiary/aromatic N) is 2. The summed E-state index contributed by atoms with van der Waals surface area (Å²) in [7, 11) is 0. The first-order chi connectivity index (χ1) is 15.0. The molecule has 31 heavy (non-hydrogen) atoms. The van der Waals surface area contributed by atoms with E-state index in [0.717, 1.165) is 11.4 Å². The van der Waals surface area contributed by atoms with Crippen LogP contribution in [0.15, 0.2) is 76.1 Å². The molecule has 0 atom stereocenters. The van der Waals surface area contributed by atoms with Gasteiger partial charge in [-0.05, 0) is 50.3 Å². The number of amides is 1. The van der Waals surface area contributed by atoms with Crippen molar-refractivity contribution in [2.75, 3.05) is 5.32 Å². The number of para-hydroxylation sites is 1. The minimum absolute atomic E-state index is 0.199. The number of carbonyl (C=O) groups excluding carboxylic acids is 1. The van der Waals surface area contributed by atoms with E-state index >= 15 is 0 Å². The molecule has 4 aromatic rings. The second-order valence-electron chi connectivity index (χ2n) is 6.90. The van der Waals surface area contributed by atoms with Gasteiger partial charge in [0.2, 0.25) is 5.91 Å². The van der Waals surface area contributed by atoms with Gasteiger partial charge in [-0.1, -0.05) is 18.2 Å². The lowest BCUT2D eigenvalue weighted by Crippen LogP contribution is -2.09. The molecule has 2 aromatic heterocycles. The van der Waals surface area contributed by atoms with Gasteiger partial charge < -0.3 is 14.5 Å². The number of anilines is 1. The molecule has 0 bridgehead atoms. The zero-order chi connectivity index (χ0) is 21.8. The fourth-order valence-electron chi connectivity index (χ4n) is 3.04. The van der Waals surface area contributed by atoms with Crippen molar-refractivity contribution < 1.29 is 13.9 Å². The van der Waals surface area contributed by atoms with E-state index in [4.69, 9.17) is 9.15 Å². The minimum Gasteiger partial charge on any atom is -0.463 e. The van der Waals surface area contributed by atoms with Crippen LogP contribution < -0.4 is 15.5 Å². The molecule has 1 N–H and O–H groups in total. The van der Waals surface area contributed by atoms with E-state index < -0.39 is 5.91 Å². The van der Waals surface area contributed by atoms with Crippen LogP contribution in [0.1, 0.15) is 17.0 Å². The maximum Gasteiger partial charge on any atom is 0.322 e. The van der Waals surface area contributed by atoms with Gasteiger partial charge in [0.1, 0.15) is 17.6 Å². The second kappa shape index (κ2) is 8.62. The molecule has 154 valence electrons. The molecular formula is C24H19N3O4. The molecule has 0 fully saturated rings. The highest BCUT2D eigenvalue weighted by Crippen LogP contribution is 2.22. The highest BCUT2D eigenvalue weighted by atomic mass is 16.5. The van der Waals surface area contributed by atoms with Crippen LogP contribution in [0.3, 0.4) is 0 Å². The van der Waals surface area contributed by atoms with Gasteiger partial charge in [-0.2, -0.15) is 0 Å². The van der Waals surface area contributed by atoms with Crippen LogP contribution in [0.2, 0.25) is 0 Å². The molecule has 0 saturated heterocycles. The van der Waals surface area contributed by atoms with Gasteiger partial charge in [-0.3, -0.25) is 9.59 Å². The van der Waals surface area contributed by atoms with E-state index in [1.807, 2.05) is 19.9 Å². The molecule has 0 aliphatic carbocycles. The number of ether oxygens (including phenoxy) is 1. The van der Waals surface area contributed by atoms with Crippen LogP contribution in [-0.2, 0) is 4.79 Å². The standard InChI is InChI=1S/C24H19N3O4/c1-15-12-16(2)26-24(25-15)31-19-7-5-6-18(13-19)27-22(28)11-10-17-14-30-21-9-4-3-8-20(21)23(17)29/h3-14H,1-2H3,(H,27,28)/b11-10+. The molecule has 0 aliphatic rings. The SMILES string of the molecule is Cc1cc(C)nc(Oc2cccc(NC(=O)/C=C/c3coc4ccccc4c3=O)c2)n1. The number of fused-ring (bicyclic) bond motifs is 1. The highest BCUT2D eigenvalue weighted by molar-refractivity contribution is 6.02. The number of hydrogen-bond acceptors (Lipinski definition) is 6. The summed E-state index contributed by atoms with van der Waals surface area (Å²) in [5.41, 5.74) is 2.72. The Morgan fingerprint density at radius 2 is 1.81 bits per heavy atom. The number of nitrogens with one attached hydrogen (secondary N) is 1. The largest absolute Gasteiger partial charge is 0.463 e. The summed E-state index contributed by atoms with van der Waals surface area (Å²) in [5.74, 6) is 0.0920. The van der Waals surface area contributed by atoms with E-state index in [-0.39, 0.29) is 17.0 Å². The third kappa shape index (κ3) is 4.84. The smallest absolute Gasteiger partial charge is 0.322 e. The van der Waals surface area contributed by atoms with Crippen molar-refractivity contribution in [1.82, 2.24) is 9.97 Å². The van der Waals surface area contributed by atoms with E-state index in [2.05, 4.69) is 15.3 Å². The highest BCUT2D eigenvalue weighted by Gasteiger charge is 2.07. The Morgan fingerprint density at radius 1 is 1.03 bits per heavy atom. The van der Waals surface area contributed by atoms with Crippen LogP contribution >= 0.6 is 0 Å². The summed E-state index contributed by atoms with van der Waals surface area (Å²) in [6.45, 7) is 3.72. The first-order valence-electron chi connectivity index (χ1n) is 9.58. The average molecular weight is 413 g/mol. The molecule has 7 nitrogen and oxygen atoms in total. The Balaban J connectivity index is 1.47. The molecule has 0 saturated carbocycles. The van der Waals surface area contributed by atoms with Crippen molar-refractivity contribution >= 4 is 28.6 Å². The molecule has 0 unspecified atom stereocenters. The number of aryl methyl sites for hydroxylation is 2. The molecule has 1 amide bonds. The monoisotopic (exact) mass is 413 g/mol. The normalized spacial score (nSPS) is 11.0. The topological polar surface area (TPSA) is 94.3 Å². The zero-order valence-corrected chi connectivity index (χ0v) is 17.0. The summed E-state index contributed by atoms with van der Waals surface area (Å²) in [6, 6.07) is 15.9. The van der Waals surface area contributed by atoms with Gasteiger partial charge in [-0.25, -0.2) is 9.97 Å². The number of benzene rings is 2. The van der Waals surface area contributed by atoms with Gasteiger partial charge in [0.25, 0.3) is 0 Å². The molecule has 4 rings (SSSR count). The molecule has 0 radical (unpaired) electrons. The fourth-order valence-corrected chi connectivity index (χ4v) is 3.04. The predicted octanol–water partition coefficient (Wildman–Crippen LogP) is 4.64. The summed E-state index contributed by atoms with van der Waals surface area (Å²) < 4.78 is 11.2. The molecular weight excluding hydrogens is 394 g/mol. The van der Waals surface area contributed by atoms with Crippen molar-refractivity contribution in [2.45, 2.75) is 13.8 Å². The summed E-state index contributed by atoms with van der Waals surface area (Å²) in [6.07, 6.45) is 4.05. The lowest BCUT2D eigenvalue weighted by Gasteiger charge is -2.08. The number of rotatable bonds is 5. The first-order valence-corrected chi connectivity index (χ1v) is 9.58. The number of carbonyl (C=O) groups is 1. The third-order valence-electron chi connectivity index (χ3n) is 4.39. The summed E-state index contributed by atoms with van der Waals surface area (Å²) in [4.78, 5) is 33.3. The Bertz CT molecular complexity index is 1340. The van der Waals surface area contributed by atoms with Gasteiger partial charge in [0.05, 0.1) is 10.9 Å². The van der Waals surface area contributed by atoms with Crippen molar-refractivity contribution in [2.24, 2.45) is 0 Å². The number of hydrogen-bond donors (Lipinski definition) is 1. The Morgan fingerprint density at radius 3 is 2.61 bits per heavy atom. The van der Waals surface area contributed by atoms with E-state index in [0.29, 0.717) is 22.4 Å². The molecule has 0 aliphatic heterocycles. The summed E-state index contributed by atoms with van der Waals surface area (Å²) >= 11 is 0. The third-order valence-corrected chi connectivity index (χ3v) is 4.39. The van der Waals surface area contributed by atoms with Crippen molar-refractivity contribution in [1.29, 1.82) is 0 Å². The van der Waals surface area contributed by atoms with Gasteiger partial charge >= 0.3 is 6.01 Å². The van der Waals surface area contributed by atoms with Crippen LogP contribution in [0.5, 0.6) is 11.8 Å². The maximum atomic E-state index is 12.5. The van der Waals surface area contributed by atoms with Gasteiger partial charge in [0.15, 0.2) is 5.43 Å². The Labute approximate surface area is 178 Å². The molecule has 2 aromatic carbocycles. The average Bonchev–Trinajstić information content (AvgIpc) is 2.73.